The summed E-state index contributed by atoms with van der Waals surface area (Å²) < 4.78 is 9.80. The number of rotatable bonds is 7. The van der Waals surface area contributed by atoms with Crippen LogP contribution in [-0.2, 0) is 0 Å². The average Bonchev–Trinajstić information content (AvgIpc) is 4.42. The minimum Gasteiger partial charge on any atom is -0.306 e. The number of nitrogens with zero attached hydrogens (tertiary/aromatic N) is 6. The molecule has 0 aliphatic carbocycles. The second-order valence-electron chi connectivity index (χ2n) is 20.1. The minimum absolute atomic E-state index is 0.518. The molecule has 0 N–H and O–H groups in total. The number of hydrogen-bond acceptors (Lipinski definition) is 2. The van der Waals surface area contributed by atoms with Gasteiger partial charge in [-0.15, -0.1) is 0 Å². The van der Waals surface area contributed by atoms with Crippen molar-refractivity contribution in [3.63, 3.8) is 0 Å². The number of para-hydroxylation sites is 8. The molecule has 0 unspecified atom stereocenters. The summed E-state index contributed by atoms with van der Waals surface area (Å²) in [6.07, 6.45) is 0. The van der Waals surface area contributed by atoms with Crippen molar-refractivity contribution in [3.8, 4) is 62.5 Å². The van der Waals surface area contributed by atoms with Gasteiger partial charge in [-0.05, 0) is 66.2 Å². The largest absolute Gasteiger partial charge is 0.306 e. The second kappa shape index (κ2) is 17.2. The summed E-state index contributed by atoms with van der Waals surface area (Å²) in [5, 5.41) is 21.8. The molecule has 6 nitrogen and oxygen atoms in total. The lowest BCUT2D eigenvalue weighted by molar-refractivity contribution is 1.02. The highest BCUT2D eigenvalue weighted by Gasteiger charge is 2.35. The van der Waals surface area contributed by atoms with Crippen molar-refractivity contribution in [1.82, 2.24) is 23.3 Å². The molecule has 0 bridgehead atoms. The zero-order chi connectivity index (χ0) is 51.4. The van der Waals surface area contributed by atoms with Crippen LogP contribution in [0, 0.1) is 11.3 Å². The molecule has 0 atom stereocenters. The number of benzene rings is 11. The van der Waals surface area contributed by atoms with Crippen molar-refractivity contribution in [2.45, 2.75) is 0 Å². The van der Waals surface area contributed by atoms with Gasteiger partial charge < -0.3 is 18.3 Å². The molecule has 362 valence electrons. The Balaban J connectivity index is 1.27. The van der Waals surface area contributed by atoms with Gasteiger partial charge in [0.15, 0.2) is 0 Å². The molecule has 11 aromatic carbocycles. The molecule has 0 saturated carbocycles. The standard InChI is InChI=1S/C72H44N6/c73-45-57-68(48-43-58(46-23-3-1-4-24-46)74-59(44-48)47-25-5-2-6-26-47)70(76-62-37-17-9-29-51(62)52-30-10-18-38-63(52)76)72(78-66-41-21-13-33-55(66)56-34-14-22-42-67(56)78)71(77-64-39-19-11-31-53(64)54-32-12-20-40-65(54)77)69(57)75-60-35-15-7-27-49(60)50-28-8-16-36-61(50)75/h1-44H. The third-order valence-electron chi connectivity index (χ3n) is 16.0. The number of nitriles is 1. The van der Waals surface area contributed by atoms with Crippen LogP contribution in [0.15, 0.2) is 267 Å². The lowest BCUT2D eigenvalue weighted by Gasteiger charge is -2.29. The molecule has 0 spiro atoms. The monoisotopic (exact) mass is 992 g/mol. The molecule has 6 heteroatoms. The Hall–Kier alpha value is -10.7. The van der Waals surface area contributed by atoms with Gasteiger partial charge in [-0.1, -0.05) is 206 Å². The first kappa shape index (κ1) is 43.6. The Morgan fingerprint density at radius 3 is 0.795 bits per heavy atom. The van der Waals surface area contributed by atoms with Gasteiger partial charge in [0.1, 0.15) is 6.07 Å². The van der Waals surface area contributed by atoms with E-state index in [1.54, 1.807) is 0 Å². The molecule has 0 amide bonds. The third kappa shape index (κ3) is 6.27. The lowest BCUT2D eigenvalue weighted by Crippen LogP contribution is -2.17. The van der Waals surface area contributed by atoms with Crippen molar-refractivity contribution in [2.24, 2.45) is 0 Å². The van der Waals surface area contributed by atoms with Crippen molar-refractivity contribution in [3.05, 3.63) is 272 Å². The van der Waals surface area contributed by atoms with Crippen LogP contribution in [0.5, 0.6) is 0 Å². The SMILES string of the molecule is N#Cc1c(-c2cc(-c3ccccc3)nc(-c3ccccc3)c2)c(-n2c3ccccc3c3ccccc32)c(-n2c3ccccc3c3ccccc32)c(-n2c3ccccc3c3ccccc32)c1-n1c2ccccc2c2ccccc21. The maximum atomic E-state index is 12.9. The summed E-state index contributed by atoms with van der Waals surface area (Å²) in [6.45, 7) is 0. The molecule has 0 fully saturated rings. The van der Waals surface area contributed by atoms with E-state index in [1.807, 2.05) is 12.1 Å². The maximum Gasteiger partial charge on any atom is 0.102 e. The molecule has 0 radical (unpaired) electrons. The summed E-state index contributed by atoms with van der Waals surface area (Å²) in [5.41, 5.74) is 17.2. The van der Waals surface area contributed by atoms with Gasteiger partial charge >= 0.3 is 0 Å². The number of fused-ring (bicyclic) bond motifs is 12. The first-order valence-electron chi connectivity index (χ1n) is 26.4. The van der Waals surface area contributed by atoms with E-state index in [0.29, 0.717) is 5.56 Å². The number of aromatic nitrogens is 5. The molecule has 0 saturated heterocycles. The highest BCUT2D eigenvalue weighted by Crippen LogP contribution is 2.52. The van der Waals surface area contributed by atoms with Gasteiger partial charge in [-0.25, -0.2) is 4.98 Å². The van der Waals surface area contributed by atoms with Crippen LogP contribution in [0.4, 0.5) is 0 Å². The van der Waals surface area contributed by atoms with Crippen molar-refractivity contribution < 1.29 is 0 Å². The van der Waals surface area contributed by atoms with E-state index in [1.165, 1.54) is 0 Å². The zero-order valence-electron chi connectivity index (χ0n) is 42.1. The summed E-state index contributed by atoms with van der Waals surface area (Å²) in [6, 6.07) is 98.2. The first-order valence-corrected chi connectivity index (χ1v) is 26.4. The Bertz CT molecular complexity index is 4890. The predicted octanol–water partition coefficient (Wildman–Crippen LogP) is 18.3. The molecular formula is C72H44N6. The molecule has 16 rings (SSSR count). The maximum absolute atomic E-state index is 12.9. The van der Waals surface area contributed by atoms with Crippen LogP contribution in [0.2, 0.25) is 0 Å². The minimum atomic E-state index is 0.518. The van der Waals surface area contributed by atoms with Crippen LogP contribution >= 0.6 is 0 Å². The van der Waals surface area contributed by atoms with Crippen LogP contribution in [-0.4, -0.2) is 23.3 Å². The Morgan fingerprint density at radius 2 is 0.500 bits per heavy atom. The lowest BCUT2D eigenvalue weighted by atomic mass is 9.91. The molecule has 78 heavy (non-hydrogen) atoms. The summed E-state index contributed by atoms with van der Waals surface area (Å²) >= 11 is 0. The topological polar surface area (TPSA) is 56.4 Å². The highest BCUT2D eigenvalue weighted by molar-refractivity contribution is 6.17. The Morgan fingerprint density at radius 1 is 0.256 bits per heavy atom. The van der Waals surface area contributed by atoms with E-state index < -0.39 is 0 Å². The van der Waals surface area contributed by atoms with Crippen LogP contribution < -0.4 is 0 Å². The zero-order valence-corrected chi connectivity index (χ0v) is 42.1. The summed E-state index contributed by atoms with van der Waals surface area (Å²) in [4.78, 5) is 5.48. The molecule has 5 heterocycles. The quantitative estimate of drug-likeness (QED) is 0.160. The van der Waals surface area contributed by atoms with Crippen molar-refractivity contribution in [1.29, 1.82) is 5.26 Å². The summed E-state index contributed by atoms with van der Waals surface area (Å²) in [7, 11) is 0. The molecule has 16 aromatic rings. The summed E-state index contributed by atoms with van der Waals surface area (Å²) in [5.74, 6) is 0. The van der Waals surface area contributed by atoms with Gasteiger partial charge in [0.05, 0.1) is 83.8 Å². The number of pyridine rings is 1. The fourth-order valence-electron chi connectivity index (χ4n) is 12.8. The average molecular weight is 993 g/mol. The molecule has 0 aliphatic heterocycles. The number of hydrogen-bond donors (Lipinski definition) is 0. The van der Waals surface area contributed by atoms with E-state index >= 15 is 0 Å². The smallest absolute Gasteiger partial charge is 0.102 e. The van der Waals surface area contributed by atoms with E-state index in [4.69, 9.17) is 4.98 Å². The fourth-order valence-corrected chi connectivity index (χ4v) is 12.8. The molecule has 5 aromatic heterocycles. The van der Waals surface area contributed by atoms with Crippen molar-refractivity contribution >= 4 is 87.2 Å². The molecule has 0 aliphatic rings. The van der Waals surface area contributed by atoms with Crippen LogP contribution in [0.25, 0.3) is 144 Å². The highest BCUT2D eigenvalue weighted by atomic mass is 15.1. The first-order chi connectivity index (χ1) is 38.7. The Labute approximate surface area is 448 Å². The van der Waals surface area contributed by atoms with Gasteiger partial charge in [0.2, 0.25) is 0 Å². The van der Waals surface area contributed by atoms with E-state index in [0.717, 1.165) is 144 Å². The predicted molar refractivity (Wildman–Crippen MR) is 323 cm³/mol. The van der Waals surface area contributed by atoms with E-state index in [-0.39, 0.29) is 0 Å². The van der Waals surface area contributed by atoms with Gasteiger partial charge in [-0.2, -0.15) is 5.26 Å². The van der Waals surface area contributed by atoms with Crippen molar-refractivity contribution in [2.75, 3.05) is 0 Å². The molecular weight excluding hydrogens is 949 g/mol. The third-order valence-corrected chi connectivity index (χ3v) is 16.0. The normalized spacial score (nSPS) is 11.8. The van der Waals surface area contributed by atoms with Crippen LogP contribution in [0.1, 0.15) is 5.56 Å². The van der Waals surface area contributed by atoms with Gasteiger partial charge in [0.25, 0.3) is 0 Å². The van der Waals surface area contributed by atoms with Gasteiger partial charge in [-0.3, -0.25) is 0 Å². The Kier molecular flexibility index (Phi) is 9.60. The van der Waals surface area contributed by atoms with E-state index in [9.17, 15) is 5.26 Å². The van der Waals surface area contributed by atoms with Crippen LogP contribution in [0.3, 0.4) is 0 Å². The van der Waals surface area contributed by atoms with E-state index in [2.05, 4.69) is 279 Å². The fraction of sp³-hybridized carbons (Fsp3) is 0. The van der Waals surface area contributed by atoms with Gasteiger partial charge in [0, 0.05) is 59.8 Å². The second-order valence-corrected chi connectivity index (χ2v) is 20.1.